The van der Waals surface area contributed by atoms with Crippen LogP contribution in [0.1, 0.15) is 25.0 Å². The molecule has 1 aliphatic carbocycles. The number of pyridine rings is 1. The molecule has 0 bridgehead atoms. The van der Waals surface area contributed by atoms with Crippen molar-refractivity contribution < 1.29 is 9.50 Å². The van der Waals surface area contributed by atoms with Crippen LogP contribution in [0.4, 0.5) is 10.2 Å². The molecule has 4 nitrogen and oxygen atoms in total. The van der Waals surface area contributed by atoms with Crippen LogP contribution >= 0.6 is 0 Å². The number of aromatic nitrogens is 1. The van der Waals surface area contributed by atoms with E-state index in [9.17, 15) is 9.50 Å². The van der Waals surface area contributed by atoms with Gasteiger partial charge in [-0.25, -0.2) is 9.37 Å². The molecule has 2 fully saturated rings. The fourth-order valence-electron chi connectivity index (χ4n) is 3.40. The van der Waals surface area contributed by atoms with Gasteiger partial charge in [0.1, 0.15) is 11.6 Å². The summed E-state index contributed by atoms with van der Waals surface area (Å²) in [5.41, 5.74) is 0.716. The SMILES string of the molecule is Cc1cc(F)cc(N2CCN(C3CCCC3O)CC2)n1. The van der Waals surface area contributed by atoms with E-state index in [1.807, 2.05) is 6.92 Å². The fourth-order valence-corrected chi connectivity index (χ4v) is 3.40. The second-order valence-corrected chi connectivity index (χ2v) is 5.87. The highest BCUT2D eigenvalue weighted by Crippen LogP contribution is 2.26. The first-order valence-electron chi connectivity index (χ1n) is 7.45. The fraction of sp³-hybridized carbons (Fsp3) is 0.667. The van der Waals surface area contributed by atoms with Crippen LogP contribution in [0.15, 0.2) is 12.1 Å². The molecule has 1 N–H and O–H groups in total. The van der Waals surface area contributed by atoms with E-state index in [1.54, 1.807) is 0 Å². The smallest absolute Gasteiger partial charge is 0.131 e. The molecule has 1 aliphatic heterocycles. The summed E-state index contributed by atoms with van der Waals surface area (Å²) in [5.74, 6) is 0.510. The second kappa shape index (κ2) is 5.66. The van der Waals surface area contributed by atoms with E-state index in [0.717, 1.165) is 51.3 Å². The average Bonchev–Trinajstić information content (AvgIpc) is 2.84. The van der Waals surface area contributed by atoms with Crippen LogP contribution in [0.2, 0.25) is 0 Å². The first-order chi connectivity index (χ1) is 9.63. The number of aryl methyl sites for hydroxylation is 1. The van der Waals surface area contributed by atoms with E-state index in [1.165, 1.54) is 12.1 Å². The summed E-state index contributed by atoms with van der Waals surface area (Å²) in [6, 6.07) is 3.28. The predicted molar refractivity (Wildman–Crippen MR) is 76.4 cm³/mol. The molecular formula is C15H22FN3O. The van der Waals surface area contributed by atoms with E-state index in [2.05, 4.69) is 14.8 Å². The van der Waals surface area contributed by atoms with Gasteiger partial charge < -0.3 is 10.0 Å². The maximum Gasteiger partial charge on any atom is 0.131 e. The minimum absolute atomic E-state index is 0.170. The lowest BCUT2D eigenvalue weighted by Crippen LogP contribution is -2.52. The molecule has 110 valence electrons. The number of hydrogen-bond donors (Lipinski definition) is 1. The number of anilines is 1. The summed E-state index contributed by atoms with van der Waals surface area (Å²) in [7, 11) is 0. The standard InChI is InChI=1S/C15H22FN3O/c1-11-9-12(16)10-15(17-11)19-7-5-18(6-8-19)13-3-2-4-14(13)20/h9-10,13-14,20H,2-8H2,1H3. The minimum atomic E-state index is -0.221. The maximum atomic E-state index is 13.4. The van der Waals surface area contributed by atoms with Gasteiger partial charge in [-0.1, -0.05) is 0 Å². The van der Waals surface area contributed by atoms with E-state index in [4.69, 9.17) is 0 Å². The first-order valence-corrected chi connectivity index (χ1v) is 7.45. The molecule has 2 atom stereocenters. The summed E-state index contributed by atoms with van der Waals surface area (Å²) >= 11 is 0. The number of piperazine rings is 1. The van der Waals surface area contributed by atoms with Crippen LogP contribution in [-0.4, -0.2) is 53.3 Å². The topological polar surface area (TPSA) is 39.6 Å². The third kappa shape index (κ3) is 2.79. The largest absolute Gasteiger partial charge is 0.391 e. The Morgan fingerprint density at radius 2 is 1.95 bits per heavy atom. The Balaban J connectivity index is 1.63. The highest BCUT2D eigenvalue weighted by atomic mass is 19.1. The van der Waals surface area contributed by atoms with Gasteiger partial charge >= 0.3 is 0 Å². The zero-order chi connectivity index (χ0) is 14.1. The second-order valence-electron chi connectivity index (χ2n) is 5.87. The number of halogens is 1. The van der Waals surface area contributed by atoms with Gasteiger partial charge in [-0.3, -0.25) is 4.90 Å². The van der Waals surface area contributed by atoms with Gasteiger partial charge in [-0.15, -0.1) is 0 Å². The molecule has 0 spiro atoms. The normalized spacial score (nSPS) is 28.1. The quantitative estimate of drug-likeness (QED) is 0.892. The highest BCUT2D eigenvalue weighted by molar-refractivity contribution is 5.40. The van der Waals surface area contributed by atoms with Crippen molar-refractivity contribution in [2.24, 2.45) is 0 Å². The minimum Gasteiger partial charge on any atom is -0.391 e. The summed E-state index contributed by atoms with van der Waals surface area (Å²) in [6.07, 6.45) is 2.97. The third-order valence-electron chi connectivity index (χ3n) is 4.46. The van der Waals surface area contributed by atoms with Gasteiger partial charge in [0.25, 0.3) is 0 Å². The van der Waals surface area contributed by atoms with Crippen LogP contribution in [0.25, 0.3) is 0 Å². The van der Waals surface area contributed by atoms with Gasteiger partial charge in [0.05, 0.1) is 6.10 Å². The van der Waals surface area contributed by atoms with Crippen molar-refractivity contribution in [2.75, 3.05) is 31.1 Å². The molecular weight excluding hydrogens is 257 g/mol. The lowest BCUT2D eigenvalue weighted by Gasteiger charge is -2.39. The van der Waals surface area contributed by atoms with Crippen LogP contribution in [0, 0.1) is 12.7 Å². The van der Waals surface area contributed by atoms with Crippen molar-refractivity contribution in [3.05, 3.63) is 23.6 Å². The van der Waals surface area contributed by atoms with Crippen molar-refractivity contribution in [2.45, 2.75) is 38.3 Å². The Labute approximate surface area is 119 Å². The summed E-state index contributed by atoms with van der Waals surface area (Å²) in [4.78, 5) is 8.92. The Morgan fingerprint density at radius 1 is 1.20 bits per heavy atom. The van der Waals surface area contributed by atoms with Crippen LogP contribution in [0.3, 0.4) is 0 Å². The number of nitrogens with zero attached hydrogens (tertiary/aromatic N) is 3. The summed E-state index contributed by atoms with van der Waals surface area (Å²) < 4.78 is 13.4. The average molecular weight is 279 g/mol. The van der Waals surface area contributed by atoms with Crippen LogP contribution in [-0.2, 0) is 0 Å². The molecule has 0 radical (unpaired) electrons. The van der Waals surface area contributed by atoms with E-state index < -0.39 is 0 Å². The lowest BCUT2D eigenvalue weighted by molar-refractivity contribution is 0.0670. The molecule has 2 aliphatic rings. The number of aliphatic hydroxyl groups is 1. The van der Waals surface area contributed by atoms with Crippen molar-refractivity contribution in [3.8, 4) is 0 Å². The van der Waals surface area contributed by atoms with Crippen molar-refractivity contribution in [3.63, 3.8) is 0 Å². The van der Waals surface area contributed by atoms with E-state index in [-0.39, 0.29) is 11.9 Å². The molecule has 0 amide bonds. The lowest BCUT2D eigenvalue weighted by atomic mass is 10.1. The number of rotatable bonds is 2. The van der Waals surface area contributed by atoms with Crippen molar-refractivity contribution in [1.82, 2.24) is 9.88 Å². The Hall–Kier alpha value is -1.20. The zero-order valence-corrected chi connectivity index (χ0v) is 11.9. The zero-order valence-electron chi connectivity index (χ0n) is 11.9. The molecule has 1 saturated carbocycles. The van der Waals surface area contributed by atoms with Gasteiger partial charge in [0.15, 0.2) is 0 Å². The molecule has 2 heterocycles. The molecule has 0 aromatic carbocycles. The van der Waals surface area contributed by atoms with Gasteiger partial charge in [0, 0.05) is 44.0 Å². The molecule has 2 unspecified atom stereocenters. The molecule has 20 heavy (non-hydrogen) atoms. The molecule has 1 aromatic heterocycles. The highest BCUT2D eigenvalue weighted by Gasteiger charge is 2.32. The van der Waals surface area contributed by atoms with E-state index >= 15 is 0 Å². The van der Waals surface area contributed by atoms with Crippen LogP contribution < -0.4 is 4.90 Å². The van der Waals surface area contributed by atoms with Crippen molar-refractivity contribution in [1.29, 1.82) is 0 Å². The molecule has 1 saturated heterocycles. The summed E-state index contributed by atoms with van der Waals surface area (Å²) in [6.45, 7) is 5.34. The third-order valence-corrected chi connectivity index (χ3v) is 4.46. The number of hydrogen-bond acceptors (Lipinski definition) is 4. The van der Waals surface area contributed by atoms with Crippen LogP contribution in [0.5, 0.6) is 0 Å². The van der Waals surface area contributed by atoms with Gasteiger partial charge in [-0.2, -0.15) is 0 Å². The van der Waals surface area contributed by atoms with E-state index in [0.29, 0.717) is 11.7 Å². The van der Waals surface area contributed by atoms with Gasteiger partial charge in [-0.05, 0) is 32.3 Å². The Bertz CT molecular complexity index is 454. The molecule has 3 rings (SSSR count). The number of aliphatic hydroxyl groups excluding tert-OH is 1. The van der Waals surface area contributed by atoms with Crippen molar-refractivity contribution >= 4 is 5.82 Å². The maximum absolute atomic E-state index is 13.4. The first kappa shape index (κ1) is 13.8. The molecule has 1 aromatic rings. The predicted octanol–water partition coefficient (Wildman–Crippen LogP) is 1.56. The van der Waals surface area contributed by atoms with Gasteiger partial charge in [0.2, 0.25) is 0 Å². The monoisotopic (exact) mass is 279 g/mol. The Kier molecular flexibility index (Phi) is 3.89. The Morgan fingerprint density at radius 3 is 2.55 bits per heavy atom. The molecule has 5 heteroatoms. The summed E-state index contributed by atoms with van der Waals surface area (Å²) in [5, 5.41) is 9.98.